The van der Waals surface area contributed by atoms with E-state index in [-0.39, 0.29) is 5.91 Å². The van der Waals surface area contributed by atoms with Crippen LogP contribution in [0.1, 0.15) is 39.5 Å². The van der Waals surface area contributed by atoms with Crippen molar-refractivity contribution in [2.45, 2.75) is 51.1 Å². The summed E-state index contributed by atoms with van der Waals surface area (Å²) in [6.45, 7) is 6.23. The molecule has 1 amide bonds. The number of rotatable bonds is 6. The molecule has 3 N–H and O–H groups in total. The van der Waals surface area contributed by atoms with E-state index in [4.69, 9.17) is 5.73 Å². The molecule has 0 radical (unpaired) electrons. The van der Waals surface area contributed by atoms with Gasteiger partial charge in [0.1, 0.15) is 0 Å². The molecule has 1 rings (SSSR count). The SMILES string of the molecule is CCC1CCCN1CCC(C)(NC)C(N)=O. The summed E-state index contributed by atoms with van der Waals surface area (Å²) < 4.78 is 0. The van der Waals surface area contributed by atoms with Gasteiger partial charge in [-0.25, -0.2) is 0 Å². The molecule has 1 fully saturated rings. The molecule has 0 aromatic rings. The van der Waals surface area contributed by atoms with Crippen molar-refractivity contribution in [3.8, 4) is 0 Å². The first-order chi connectivity index (χ1) is 7.53. The third-order valence-electron chi connectivity index (χ3n) is 3.96. The first kappa shape index (κ1) is 13.5. The number of hydrogen-bond acceptors (Lipinski definition) is 3. The molecule has 0 spiro atoms. The maximum atomic E-state index is 11.3. The van der Waals surface area contributed by atoms with Gasteiger partial charge in [-0.05, 0) is 46.2 Å². The number of hydrogen-bond donors (Lipinski definition) is 2. The van der Waals surface area contributed by atoms with Crippen LogP contribution in [0, 0.1) is 0 Å². The number of amides is 1. The second kappa shape index (κ2) is 5.64. The fourth-order valence-electron chi connectivity index (χ4n) is 2.39. The van der Waals surface area contributed by atoms with Crippen LogP contribution < -0.4 is 11.1 Å². The van der Waals surface area contributed by atoms with Crippen molar-refractivity contribution in [1.82, 2.24) is 10.2 Å². The Morgan fingerprint density at radius 2 is 2.31 bits per heavy atom. The number of primary amides is 1. The fraction of sp³-hybridized carbons (Fsp3) is 0.917. The number of carbonyl (C=O) groups excluding carboxylic acids is 1. The van der Waals surface area contributed by atoms with Gasteiger partial charge in [0, 0.05) is 12.6 Å². The molecule has 0 aromatic carbocycles. The molecule has 0 aliphatic carbocycles. The predicted octanol–water partition coefficient (Wildman–Crippen LogP) is 0.714. The van der Waals surface area contributed by atoms with E-state index in [1.807, 2.05) is 6.92 Å². The minimum atomic E-state index is -0.569. The Hall–Kier alpha value is -0.610. The zero-order valence-corrected chi connectivity index (χ0v) is 10.8. The van der Waals surface area contributed by atoms with Crippen LogP contribution in [0.2, 0.25) is 0 Å². The third-order valence-corrected chi connectivity index (χ3v) is 3.96. The summed E-state index contributed by atoms with van der Waals surface area (Å²) in [4.78, 5) is 13.8. The molecule has 1 heterocycles. The molecule has 0 saturated carbocycles. The van der Waals surface area contributed by atoms with Crippen molar-refractivity contribution in [3.63, 3.8) is 0 Å². The highest BCUT2D eigenvalue weighted by atomic mass is 16.1. The highest BCUT2D eigenvalue weighted by molar-refractivity contribution is 5.84. The van der Waals surface area contributed by atoms with Crippen molar-refractivity contribution in [2.24, 2.45) is 5.73 Å². The van der Waals surface area contributed by atoms with Gasteiger partial charge in [0.15, 0.2) is 0 Å². The Bertz CT molecular complexity index is 244. The van der Waals surface area contributed by atoms with E-state index in [9.17, 15) is 4.79 Å². The number of nitrogens with one attached hydrogen (secondary N) is 1. The van der Waals surface area contributed by atoms with Crippen molar-refractivity contribution in [1.29, 1.82) is 0 Å². The third kappa shape index (κ3) is 2.95. The van der Waals surface area contributed by atoms with E-state index in [1.54, 1.807) is 7.05 Å². The van der Waals surface area contributed by atoms with Gasteiger partial charge in [-0.3, -0.25) is 4.79 Å². The topological polar surface area (TPSA) is 58.4 Å². The molecule has 94 valence electrons. The summed E-state index contributed by atoms with van der Waals surface area (Å²) in [6.07, 6.45) is 4.57. The monoisotopic (exact) mass is 227 g/mol. The second-order valence-electron chi connectivity index (χ2n) is 4.94. The van der Waals surface area contributed by atoms with Gasteiger partial charge in [0.25, 0.3) is 0 Å². The van der Waals surface area contributed by atoms with Crippen molar-refractivity contribution in [2.75, 3.05) is 20.1 Å². The summed E-state index contributed by atoms with van der Waals surface area (Å²) in [5.74, 6) is -0.262. The smallest absolute Gasteiger partial charge is 0.237 e. The zero-order chi connectivity index (χ0) is 12.2. The lowest BCUT2D eigenvalue weighted by atomic mass is 9.96. The van der Waals surface area contributed by atoms with Crippen molar-refractivity contribution in [3.05, 3.63) is 0 Å². The van der Waals surface area contributed by atoms with Crippen molar-refractivity contribution < 1.29 is 4.79 Å². The quantitative estimate of drug-likeness (QED) is 0.703. The van der Waals surface area contributed by atoms with Crippen LogP contribution >= 0.6 is 0 Å². The van der Waals surface area contributed by atoms with E-state index < -0.39 is 5.54 Å². The maximum Gasteiger partial charge on any atom is 0.237 e. The highest BCUT2D eigenvalue weighted by Crippen LogP contribution is 2.21. The minimum Gasteiger partial charge on any atom is -0.368 e. The molecule has 1 saturated heterocycles. The highest BCUT2D eigenvalue weighted by Gasteiger charge is 2.31. The van der Waals surface area contributed by atoms with Gasteiger partial charge >= 0.3 is 0 Å². The van der Waals surface area contributed by atoms with E-state index in [2.05, 4.69) is 17.1 Å². The van der Waals surface area contributed by atoms with Crippen molar-refractivity contribution >= 4 is 5.91 Å². The molecule has 1 aliphatic rings. The molecule has 4 heteroatoms. The Kier molecular flexibility index (Phi) is 4.74. The van der Waals surface area contributed by atoms with E-state index >= 15 is 0 Å². The largest absolute Gasteiger partial charge is 0.368 e. The normalized spacial score (nSPS) is 25.6. The Morgan fingerprint density at radius 3 is 2.81 bits per heavy atom. The van der Waals surface area contributed by atoms with Crippen LogP contribution in [0.25, 0.3) is 0 Å². The lowest BCUT2D eigenvalue weighted by molar-refractivity contribution is -0.124. The van der Waals surface area contributed by atoms with Gasteiger partial charge in [-0.2, -0.15) is 0 Å². The first-order valence-electron chi connectivity index (χ1n) is 6.26. The summed E-state index contributed by atoms with van der Waals surface area (Å²) in [6, 6.07) is 0.703. The number of likely N-dealkylation sites (N-methyl/N-ethyl adjacent to an activating group) is 1. The molecule has 2 unspecified atom stereocenters. The van der Waals surface area contributed by atoms with E-state index in [1.165, 1.54) is 19.3 Å². The molecule has 2 atom stereocenters. The number of nitrogens with two attached hydrogens (primary N) is 1. The van der Waals surface area contributed by atoms with Gasteiger partial charge in [0.2, 0.25) is 5.91 Å². The van der Waals surface area contributed by atoms with Gasteiger partial charge in [0.05, 0.1) is 5.54 Å². The number of carbonyl (C=O) groups is 1. The first-order valence-corrected chi connectivity index (χ1v) is 6.26. The van der Waals surface area contributed by atoms with Gasteiger partial charge in [-0.1, -0.05) is 6.92 Å². The lowest BCUT2D eigenvalue weighted by Gasteiger charge is -2.30. The minimum absolute atomic E-state index is 0.262. The maximum absolute atomic E-state index is 11.3. The standard InChI is InChI=1S/C12H25N3O/c1-4-10-6-5-8-15(10)9-7-12(2,14-3)11(13)16/h10,14H,4-9H2,1-3H3,(H2,13,16). The summed E-state index contributed by atoms with van der Waals surface area (Å²) in [7, 11) is 1.80. The Morgan fingerprint density at radius 1 is 1.62 bits per heavy atom. The Labute approximate surface area is 98.6 Å². The van der Waals surface area contributed by atoms with Crippen LogP contribution in [0.4, 0.5) is 0 Å². The molecular formula is C12H25N3O. The molecule has 4 nitrogen and oxygen atoms in total. The summed E-state index contributed by atoms with van der Waals surface area (Å²) in [5, 5.41) is 3.03. The molecular weight excluding hydrogens is 202 g/mol. The number of likely N-dealkylation sites (tertiary alicyclic amines) is 1. The molecule has 1 aliphatic heterocycles. The van der Waals surface area contributed by atoms with E-state index in [0.29, 0.717) is 6.04 Å². The fourth-order valence-corrected chi connectivity index (χ4v) is 2.39. The predicted molar refractivity (Wildman–Crippen MR) is 66.2 cm³/mol. The van der Waals surface area contributed by atoms with E-state index in [0.717, 1.165) is 19.5 Å². The summed E-state index contributed by atoms with van der Waals surface area (Å²) >= 11 is 0. The van der Waals surface area contributed by atoms with Crippen LogP contribution in [0.3, 0.4) is 0 Å². The average molecular weight is 227 g/mol. The van der Waals surface area contributed by atoms with Crippen LogP contribution in [-0.4, -0.2) is 42.5 Å². The lowest BCUT2D eigenvalue weighted by Crippen LogP contribution is -2.53. The van der Waals surface area contributed by atoms with Crippen LogP contribution in [0.15, 0.2) is 0 Å². The Balaban J connectivity index is 2.46. The van der Waals surface area contributed by atoms with Crippen LogP contribution in [-0.2, 0) is 4.79 Å². The average Bonchev–Trinajstić information content (AvgIpc) is 2.72. The van der Waals surface area contributed by atoms with Gasteiger partial charge in [-0.15, -0.1) is 0 Å². The van der Waals surface area contributed by atoms with Gasteiger partial charge < -0.3 is 16.0 Å². The number of nitrogens with zero attached hydrogens (tertiary/aromatic N) is 1. The molecule has 0 aromatic heterocycles. The molecule has 16 heavy (non-hydrogen) atoms. The van der Waals surface area contributed by atoms with Crippen LogP contribution in [0.5, 0.6) is 0 Å². The second-order valence-corrected chi connectivity index (χ2v) is 4.94. The summed E-state index contributed by atoms with van der Waals surface area (Å²) in [5.41, 5.74) is 4.84. The molecule has 0 bridgehead atoms. The zero-order valence-electron chi connectivity index (χ0n) is 10.8.